The van der Waals surface area contributed by atoms with E-state index >= 15 is 0 Å². The highest BCUT2D eigenvalue weighted by Gasteiger charge is 2.31. The summed E-state index contributed by atoms with van der Waals surface area (Å²) in [4.78, 5) is 2.03. The highest BCUT2D eigenvalue weighted by Crippen LogP contribution is 2.25. The molecule has 2 aromatic rings. The van der Waals surface area contributed by atoms with Crippen molar-refractivity contribution in [1.29, 1.82) is 0 Å². The molecule has 148 valence electrons. The second-order valence-electron chi connectivity index (χ2n) is 8.45. The van der Waals surface area contributed by atoms with Gasteiger partial charge in [0.15, 0.2) is 20.4 Å². The van der Waals surface area contributed by atoms with Crippen LogP contribution in [0.25, 0.3) is 11.4 Å². The molecule has 1 aromatic heterocycles. The molecule has 1 fully saturated rings. The van der Waals surface area contributed by atoms with Gasteiger partial charge in [-0.25, -0.2) is 13.1 Å². The zero-order valence-corrected chi connectivity index (χ0v) is 18.3. The number of benzene rings is 1. The molecule has 1 aromatic carbocycles. The number of rotatable bonds is 4. The molecule has 8 heteroatoms. The molecule has 0 spiro atoms. The van der Waals surface area contributed by atoms with E-state index < -0.39 is 9.84 Å². The van der Waals surface area contributed by atoms with Crippen molar-refractivity contribution in [3.05, 3.63) is 34.6 Å². The third kappa shape index (κ3) is 4.33. The topological polar surface area (TPSA) is 60.1 Å². The van der Waals surface area contributed by atoms with Crippen molar-refractivity contribution >= 4 is 22.1 Å². The first-order valence-electron chi connectivity index (χ1n) is 9.13. The molecule has 0 aliphatic carbocycles. The van der Waals surface area contributed by atoms with E-state index in [4.69, 9.17) is 17.3 Å². The number of aromatic nitrogens is 3. The van der Waals surface area contributed by atoms with Gasteiger partial charge in [0, 0.05) is 18.7 Å². The minimum Gasteiger partial charge on any atom is -0.303 e. The average molecular weight is 409 g/mol. The van der Waals surface area contributed by atoms with Crippen molar-refractivity contribution < 1.29 is 8.42 Å². The number of hydrogen-bond donors (Lipinski definition) is 0. The lowest BCUT2D eigenvalue weighted by Crippen LogP contribution is -2.34. The molecule has 1 aliphatic rings. The van der Waals surface area contributed by atoms with Crippen LogP contribution < -0.4 is 0 Å². The van der Waals surface area contributed by atoms with E-state index in [-0.39, 0.29) is 23.0 Å². The Hall–Kier alpha value is -1.51. The lowest BCUT2D eigenvalue weighted by Gasteiger charge is -2.22. The van der Waals surface area contributed by atoms with Crippen LogP contribution >= 0.6 is 12.2 Å². The Morgan fingerprint density at radius 3 is 2.41 bits per heavy atom. The van der Waals surface area contributed by atoms with Crippen LogP contribution in [0.2, 0.25) is 0 Å². The molecular weight excluding hydrogens is 380 g/mol. The fourth-order valence-electron chi connectivity index (χ4n) is 3.40. The molecule has 1 saturated heterocycles. The lowest BCUT2D eigenvalue weighted by molar-refractivity contribution is 0.196. The van der Waals surface area contributed by atoms with Gasteiger partial charge in [0.25, 0.3) is 0 Å². The Labute approximate surface area is 166 Å². The molecule has 27 heavy (non-hydrogen) atoms. The van der Waals surface area contributed by atoms with Gasteiger partial charge in [0.2, 0.25) is 0 Å². The lowest BCUT2D eigenvalue weighted by atomic mass is 9.87. The molecule has 2 heterocycles. The van der Waals surface area contributed by atoms with Gasteiger partial charge in [-0.3, -0.25) is 4.90 Å². The summed E-state index contributed by atoms with van der Waals surface area (Å²) < 4.78 is 27.8. The number of hydrogen-bond acceptors (Lipinski definition) is 5. The van der Waals surface area contributed by atoms with E-state index in [1.165, 1.54) is 5.56 Å². The van der Waals surface area contributed by atoms with Crippen LogP contribution in [0.5, 0.6) is 0 Å². The molecule has 0 radical (unpaired) electrons. The number of nitrogens with zero attached hydrogens (tertiary/aromatic N) is 4. The summed E-state index contributed by atoms with van der Waals surface area (Å²) in [5, 5.41) is 4.70. The highest BCUT2D eigenvalue weighted by molar-refractivity contribution is 7.91. The van der Waals surface area contributed by atoms with Gasteiger partial charge < -0.3 is 4.57 Å². The van der Waals surface area contributed by atoms with Crippen molar-refractivity contribution in [2.45, 2.75) is 45.3 Å². The maximum Gasteiger partial charge on any atom is 0.199 e. The van der Waals surface area contributed by atoms with Crippen LogP contribution in [0.1, 0.15) is 32.8 Å². The van der Waals surface area contributed by atoms with Crippen LogP contribution in [0.15, 0.2) is 24.3 Å². The SMILES string of the molecule is CN(Cn1nc(-c2ccc(C(C)(C)C)cc2)n(C)c1=S)[C@H]1CCS(=O)(=O)C1. The third-order valence-corrected chi connectivity index (χ3v) is 7.47. The van der Waals surface area contributed by atoms with Crippen molar-refractivity contribution in [2.24, 2.45) is 7.05 Å². The summed E-state index contributed by atoms with van der Waals surface area (Å²) in [7, 11) is 0.938. The van der Waals surface area contributed by atoms with Crippen LogP contribution in [-0.2, 0) is 29.0 Å². The largest absolute Gasteiger partial charge is 0.303 e. The van der Waals surface area contributed by atoms with E-state index in [9.17, 15) is 8.42 Å². The zero-order chi connectivity index (χ0) is 20.0. The summed E-state index contributed by atoms with van der Waals surface area (Å²) in [6.07, 6.45) is 0.667. The highest BCUT2D eigenvalue weighted by atomic mass is 32.2. The second kappa shape index (κ2) is 7.14. The predicted octanol–water partition coefficient (Wildman–Crippen LogP) is 2.99. The first-order chi connectivity index (χ1) is 12.5. The van der Waals surface area contributed by atoms with Crippen molar-refractivity contribution in [1.82, 2.24) is 19.2 Å². The van der Waals surface area contributed by atoms with Gasteiger partial charge in [-0.1, -0.05) is 45.0 Å². The standard InChI is InChI=1S/C19H28N4O2S2/c1-19(2,3)15-8-6-14(7-9-15)17-20-23(18(26)22(17)5)13-21(4)16-10-11-27(24,25)12-16/h6-9,16H,10-13H2,1-5H3/t16-/m0/s1. The first-order valence-corrected chi connectivity index (χ1v) is 11.4. The fourth-order valence-corrected chi connectivity index (χ4v) is 5.39. The third-order valence-electron chi connectivity index (χ3n) is 5.24. The van der Waals surface area contributed by atoms with Crippen LogP contribution in [0.4, 0.5) is 0 Å². The van der Waals surface area contributed by atoms with E-state index in [0.29, 0.717) is 17.9 Å². The fraction of sp³-hybridized carbons (Fsp3) is 0.579. The predicted molar refractivity (Wildman–Crippen MR) is 111 cm³/mol. The second-order valence-corrected chi connectivity index (χ2v) is 11.0. The van der Waals surface area contributed by atoms with E-state index in [1.54, 1.807) is 4.68 Å². The van der Waals surface area contributed by atoms with Crippen LogP contribution in [0, 0.1) is 4.77 Å². The Bertz CT molecular complexity index is 982. The van der Waals surface area contributed by atoms with Crippen molar-refractivity contribution in [3.63, 3.8) is 0 Å². The molecule has 3 rings (SSSR count). The summed E-state index contributed by atoms with van der Waals surface area (Å²) in [5.74, 6) is 1.29. The maximum atomic E-state index is 11.7. The molecule has 1 aliphatic heterocycles. The van der Waals surface area contributed by atoms with Gasteiger partial charge in [-0.15, -0.1) is 0 Å². The quantitative estimate of drug-likeness (QED) is 0.728. The van der Waals surface area contributed by atoms with Gasteiger partial charge in [-0.05, 0) is 36.7 Å². The zero-order valence-electron chi connectivity index (χ0n) is 16.6. The summed E-state index contributed by atoms with van der Waals surface area (Å²) in [5.41, 5.74) is 2.39. The summed E-state index contributed by atoms with van der Waals surface area (Å²) in [6.45, 7) is 7.05. The van der Waals surface area contributed by atoms with Gasteiger partial charge in [0.1, 0.15) is 0 Å². The summed E-state index contributed by atoms with van der Waals surface area (Å²) in [6, 6.07) is 8.44. The average Bonchev–Trinajstić information content (AvgIpc) is 3.08. The van der Waals surface area contributed by atoms with Gasteiger partial charge >= 0.3 is 0 Å². The molecule has 0 unspecified atom stereocenters. The first kappa shape index (κ1) is 20.2. The molecule has 0 N–H and O–H groups in total. The van der Waals surface area contributed by atoms with E-state index in [2.05, 4.69) is 45.0 Å². The Morgan fingerprint density at radius 1 is 1.26 bits per heavy atom. The number of sulfone groups is 1. The Kier molecular flexibility index (Phi) is 5.35. The van der Waals surface area contributed by atoms with E-state index in [0.717, 1.165) is 11.4 Å². The minimum absolute atomic E-state index is 0.0217. The molecule has 0 bridgehead atoms. The molecule has 0 saturated carbocycles. The Balaban J connectivity index is 1.83. The smallest absolute Gasteiger partial charge is 0.199 e. The molecule has 1 atom stereocenters. The maximum absolute atomic E-state index is 11.7. The van der Waals surface area contributed by atoms with Gasteiger partial charge in [-0.2, -0.15) is 5.10 Å². The normalized spacial score (nSPS) is 19.7. The van der Waals surface area contributed by atoms with Crippen LogP contribution in [-0.4, -0.2) is 52.3 Å². The van der Waals surface area contributed by atoms with Crippen molar-refractivity contribution in [3.8, 4) is 11.4 Å². The van der Waals surface area contributed by atoms with Crippen LogP contribution in [0.3, 0.4) is 0 Å². The Morgan fingerprint density at radius 2 is 1.89 bits per heavy atom. The van der Waals surface area contributed by atoms with Gasteiger partial charge in [0.05, 0.1) is 18.2 Å². The van der Waals surface area contributed by atoms with E-state index in [1.807, 2.05) is 23.6 Å². The molecule has 0 amide bonds. The summed E-state index contributed by atoms with van der Waals surface area (Å²) >= 11 is 5.56. The molecular formula is C19H28N4O2S2. The molecule has 6 nitrogen and oxygen atoms in total. The van der Waals surface area contributed by atoms with Crippen molar-refractivity contribution in [2.75, 3.05) is 18.6 Å². The minimum atomic E-state index is -2.91. The monoisotopic (exact) mass is 408 g/mol.